The number of aromatic nitrogens is 2. The van der Waals surface area contributed by atoms with Gasteiger partial charge in [0.25, 0.3) is 5.91 Å². The van der Waals surface area contributed by atoms with Gasteiger partial charge >= 0.3 is 0 Å². The lowest BCUT2D eigenvalue weighted by atomic mass is 10.3. The predicted molar refractivity (Wildman–Crippen MR) is 107 cm³/mol. The molecule has 150 valence electrons. The fourth-order valence-corrected chi connectivity index (χ4v) is 2.79. The summed E-state index contributed by atoms with van der Waals surface area (Å²) >= 11 is 0. The Morgan fingerprint density at radius 1 is 1.18 bits per heavy atom. The molecule has 8 nitrogen and oxygen atoms in total. The Morgan fingerprint density at radius 3 is 2.57 bits per heavy atom. The summed E-state index contributed by atoms with van der Waals surface area (Å²) in [5.74, 6) is 1.17. The molecule has 1 saturated heterocycles. The summed E-state index contributed by atoms with van der Waals surface area (Å²) in [6, 6.07) is 7.61. The summed E-state index contributed by atoms with van der Waals surface area (Å²) in [6.45, 7) is 8.66. The maximum Gasteiger partial charge on any atom is 0.271 e. The standard InChI is InChI=1S/C20H27N5O3/c1-15(2)28-17-5-3-16(4-6-17)24-19-14-22-18(13-23-19)20(26)21-7-8-25-9-11-27-12-10-25/h3-6,13-15H,7-12H2,1-2H3,(H,21,26)(H,23,24). The van der Waals surface area contributed by atoms with Crippen LogP contribution in [0, 0.1) is 0 Å². The number of nitrogens with zero attached hydrogens (tertiary/aromatic N) is 3. The molecule has 0 saturated carbocycles. The predicted octanol–water partition coefficient (Wildman–Crippen LogP) is 2.07. The van der Waals surface area contributed by atoms with Gasteiger partial charge in [-0.15, -0.1) is 0 Å². The van der Waals surface area contributed by atoms with Crippen LogP contribution in [-0.2, 0) is 4.74 Å². The molecule has 1 aliphatic heterocycles. The van der Waals surface area contributed by atoms with Crippen LogP contribution in [-0.4, -0.2) is 66.3 Å². The first-order valence-corrected chi connectivity index (χ1v) is 9.54. The number of amides is 1. The average Bonchev–Trinajstić information content (AvgIpc) is 2.70. The Hall–Kier alpha value is -2.71. The van der Waals surface area contributed by atoms with Crippen LogP contribution in [0.1, 0.15) is 24.3 Å². The number of benzene rings is 1. The first kappa shape index (κ1) is 20.0. The molecule has 2 heterocycles. The lowest BCUT2D eigenvalue weighted by Gasteiger charge is -2.26. The minimum Gasteiger partial charge on any atom is -0.491 e. The van der Waals surface area contributed by atoms with Crippen LogP contribution in [0.4, 0.5) is 11.5 Å². The van der Waals surface area contributed by atoms with Crippen molar-refractivity contribution in [2.45, 2.75) is 20.0 Å². The van der Waals surface area contributed by atoms with Gasteiger partial charge in [0.2, 0.25) is 0 Å². The molecule has 1 fully saturated rings. The molecule has 0 unspecified atom stereocenters. The zero-order chi connectivity index (χ0) is 19.8. The minimum absolute atomic E-state index is 0.136. The van der Waals surface area contributed by atoms with E-state index in [9.17, 15) is 4.79 Å². The number of hydrogen-bond donors (Lipinski definition) is 2. The number of anilines is 2. The summed E-state index contributed by atoms with van der Waals surface area (Å²) in [4.78, 5) is 22.9. The Morgan fingerprint density at radius 2 is 1.93 bits per heavy atom. The zero-order valence-corrected chi connectivity index (χ0v) is 16.4. The summed E-state index contributed by atoms with van der Waals surface area (Å²) in [5.41, 5.74) is 1.17. The second-order valence-electron chi connectivity index (χ2n) is 6.81. The molecule has 1 aromatic heterocycles. The van der Waals surface area contributed by atoms with E-state index in [-0.39, 0.29) is 12.0 Å². The molecule has 28 heavy (non-hydrogen) atoms. The van der Waals surface area contributed by atoms with E-state index in [1.807, 2.05) is 38.1 Å². The highest BCUT2D eigenvalue weighted by molar-refractivity contribution is 5.92. The van der Waals surface area contributed by atoms with Crippen LogP contribution in [0.3, 0.4) is 0 Å². The largest absolute Gasteiger partial charge is 0.491 e. The van der Waals surface area contributed by atoms with Crippen molar-refractivity contribution in [3.63, 3.8) is 0 Å². The van der Waals surface area contributed by atoms with E-state index in [2.05, 4.69) is 25.5 Å². The van der Waals surface area contributed by atoms with E-state index in [0.29, 0.717) is 18.1 Å². The fraction of sp³-hybridized carbons (Fsp3) is 0.450. The van der Waals surface area contributed by atoms with Crippen LogP contribution in [0.5, 0.6) is 5.75 Å². The Kier molecular flexibility index (Phi) is 7.16. The van der Waals surface area contributed by atoms with Crippen LogP contribution < -0.4 is 15.4 Å². The van der Waals surface area contributed by atoms with Gasteiger partial charge in [0.05, 0.1) is 31.7 Å². The highest BCUT2D eigenvalue weighted by atomic mass is 16.5. The lowest BCUT2D eigenvalue weighted by molar-refractivity contribution is 0.0383. The van der Waals surface area contributed by atoms with Gasteiger partial charge in [0.15, 0.2) is 0 Å². The smallest absolute Gasteiger partial charge is 0.271 e. The number of nitrogens with one attached hydrogen (secondary N) is 2. The second-order valence-corrected chi connectivity index (χ2v) is 6.81. The fourth-order valence-electron chi connectivity index (χ4n) is 2.79. The van der Waals surface area contributed by atoms with Crippen molar-refractivity contribution in [3.8, 4) is 5.75 Å². The van der Waals surface area contributed by atoms with Gasteiger partial charge in [-0.1, -0.05) is 0 Å². The molecule has 1 aromatic carbocycles. The van der Waals surface area contributed by atoms with E-state index in [0.717, 1.165) is 44.3 Å². The van der Waals surface area contributed by atoms with Crippen LogP contribution in [0.15, 0.2) is 36.7 Å². The molecule has 0 atom stereocenters. The highest BCUT2D eigenvalue weighted by Crippen LogP contribution is 2.19. The third-order valence-corrected chi connectivity index (χ3v) is 4.20. The van der Waals surface area contributed by atoms with Gasteiger partial charge in [-0.25, -0.2) is 9.97 Å². The first-order valence-electron chi connectivity index (χ1n) is 9.54. The van der Waals surface area contributed by atoms with E-state index in [4.69, 9.17) is 9.47 Å². The topological polar surface area (TPSA) is 88.6 Å². The molecule has 1 amide bonds. The number of carbonyl (C=O) groups is 1. The maximum absolute atomic E-state index is 12.2. The second kappa shape index (κ2) is 10.0. The third-order valence-electron chi connectivity index (χ3n) is 4.20. The SMILES string of the molecule is CC(C)Oc1ccc(Nc2cnc(C(=O)NCCN3CCOCC3)cn2)cc1. The van der Waals surface area contributed by atoms with Crippen molar-refractivity contribution in [3.05, 3.63) is 42.4 Å². The normalized spacial score (nSPS) is 14.7. The van der Waals surface area contributed by atoms with Crippen molar-refractivity contribution in [2.75, 3.05) is 44.7 Å². The van der Waals surface area contributed by atoms with E-state index >= 15 is 0 Å². The van der Waals surface area contributed by atoms with E-state index in [1.54, 1.807) is 6.20 Å². The van der Waals surface area contributed by atoms with Gasteiger partial charge in [-0.05, 0) is 38.1 Å². The molecule has 2 aromatic rings. The van der Waals surface area contributed by atoms with Crippen LogP contribution in [0.2, 0.25) is 0 Å². The number of carbonyl (C=O) groups excluding carboxylic acids is 1. The molecule has 0 radical (unpaired) electrons. The number of ether oxygens (including phenoxy) is 2. The van der Waals surface area contributed by atoms with Crippen molar-refractivity contribution >= 4 is 17.4 Å². The summed E-state index contributed by atoms with van der Waals surface area (Å²) in [7, 11) is 0. The zero-order valence-electron chi connectivity index (χ0n) is 16.4. The number of morpholine rings is 1. The molecule has 0 bridgehead atoms. The Labute approximate surface area is 165 Å². The molecule has 2 N–H and O–H groups in total. The number of hydrogen-bond acceptors (Lipinski definition) is 7. The van der Waals surface area contributed by atoms with Gasteiger partial charge in [-0.2, -0.15) is 0 Å². The molecule has 1 aliphatic rings. The summed E-state index contributed by atoms with van der Waals surface area (Å²) in [5, 5.41) is 6.04. The third kappa shape index (κ3) is 6.17. The van der Waals surface area contributed by atoms with Gasteiger partial charge in [0.1, 0.15) is 17.3 Å². The minimum atomic E-state index is -0.220. The molecule has 3 rings (SSSR count). The molecule has 8 heteroatoms. The monoisotopic (exact) mass is 385 g/mol. The van der Waals surface area contributed by atoms with Gasteiger partial charge in [0, 0.05) is 31.9 Å². The van der Waals surface area contributed by atoms with E-state index in [1.165, 1.54) is 6.20 Å². The quantitative estimate of drug-likeness (QED) is 0.719. The van der Waals surface area contributed by atoms with Crippen molar-refractivity contribution in [2.24, 2.45) is 0 Å². The van der Waals surface area contributed by atoms with Crippen molar-refractivity contribution < 1.29 is 14.3 Å². The maximum atomic E-state index is 12.2. The van der Waals surface area contributed by atoms with Crippen molar-refractivity contribution in [1.29, 1.82) is 0 Å². The lowest BCUT2D eigenvalue weighted by Crippen LogP contribution is -2.41. The Balaban J connectivity index is 1.46. The van der Waals surface area contributed by atoms with E-state index < -0.39 is 0 Å². The summed E-state index contributed by atoms with van der Waals surface area (Å²) < 4.78 is 10.9. The molecule has 0 spiro atoms. The van der Waals surface area contributed by atoms with Crippen LogP contribution in [0.25, 0.3) is 0 Å². The van der Waals surface area contributed by atoms with Gasteiger partial charge in [-0.3, -0.25) is 9.69 Å². The Bertz CT molecular complexity index is 743. The van der Waals surface area contributed by atoms with Crippen LogP contribution >= 0.6 is 0 Å². The van der Waals surface area contributed by atoms with Gasteiger partial charge < -0.3 is 20.1 Å². The average molecular weight is 385 g/mol. The molecular formula is C20H27N5O3. The molecular weight excluding hydrogens is 358 g/mol. The number of rotatable bonds is 8. The highest BCUT2D eigenvalue weighted by Gasteiger charge is 2.12. The first-order chi connectivity index (χ1) is 13.6. The van der Waals surface area contributed by atoms with Crippen molar-refractivity contribution in [1.82, 2.24) is 20.2 Å². The summed E-state index contributed by atoms with van der Waals surface area (Å²) in [6.07, 6.45) is 3.16. The molecule has 0 aliphatic carbocycles.